The SMILES string of the molecule is Cc1cc(C)c(N[C@@H]2c3ccccc3C(=O)N2c2ccc(Cl)cc2)c(C)c1. The van der Waals surface area contributed by atoms with Crippen LogP contribution in [0.4, 0.5) is 11.4 Å². The summed E-state index contributed by atoms with van der Waals surface area (Å²) in [5.74, 6) is -0.00663. The number of halogens is 1. The Labute approximate surface area is 164 Å². The molecule has 136 valence electrons. The average Bonchev–Trinajstić information content (AvgIpc) is 2.91. The van der Waals surface area contributed by atoms with E-state index < -0.39 is 0 Å². The summed E-state index contributed by atoms with van der Waals surface area (Å²) < 4.78 is 0. The number of rotatable bonds is 3. The molecule has 3 aromatic rings. The van der Waals surface area contributed by atoms with Gasteiger partial charge in [0.25, 0.3) is 5.91 Å². The van der Waals surface area contributed by atoms with Crippen LogP contribution in [-0.4, -0.2) is 5.91 Å². The normalized spacial score (nSPS) is 15.8. The van der Waals surface area contributed by atoms with Gasteiger partial charge in [-0.15, -0.1) is 0 Å². The molecular formula is C23H21ClN2O. The molecule has 0 aromatic heterocycles. The van der Waals surface area contributed by atoms with Crippen molar-refractivity contribution >= 4 is 28.9 Å². The van der Waals surface area contributed by atoms with Crippen molar-refractivity contribution in [1.29, 1.82) is 0 Å². The van der Waals surface area contributed by atoms with Gasteiger partial charge in [0, 0.05) is 27.5 Å². The summed E-state index contributed by atoms with van der Waals surface area (Å²) in [5.41, 5.74) is 7.16. The molecule has 0 fully saturated rings. The number of nitrogens with zero attached hydrogens (tertiary/aromatic N) is 1. The number of anilines is 2. The third-order valence-corrected chi connectivity index (χ3v) is 5.28. The Morgan fingerprint density at radius 3 is 2.22 bits per heavy atom. The van der Waals surface area contributed by atoms with Crippen LogP contribution in [0.5, 0.6) is 0 Å². The first-order valence-electron chi connectivity index (χ1n) is 8.98. The van der Waals surface area contributed by atoms with E-state index in [-0.39, 0.29) is 12.1 Å². The standard InChI is InChI=1S/C23H21ClN2O/c1-14-12-15(2)21(16(3)13-14)25-22-19-6-4-5-7-20(19)23(27)26(22)18-10-8-17(24)9-11-18/h4-13,22,25H,1-3H3/t22-/m0/s1. The van der Waals surface area contributed by atoms with Crippen molar-refractivity contribution in [2.45, 2.75) is 26.9 Å². The summed E-state index contributed by atoms with van der Waals surface area (Å²) in [7, 11) is 0. The Morgan fingerprint density at radius 1 is 0.926 bits per heavy atom. The lowest BCUT2D eigenvalue weighted by Crippen LogP contribution is -2.32. The van der Waals surface area contributed by atoms with E-state index in [9.17, 15) is 4.79 Å². The summed E-state index contributed by atoms with van der Waals surface area (Å²) in [6, 6.07) is 19.5. The van der Waals surface area contributed by atoms with Crippen molar-refractivity contribution in [3.05, 3.63) is 93.5 Å². The lowest BCUT2D eigenvalue weighted by atomic mass is 10.0. The highest BCUT2D eigenvalue weighted by Crippen LogP contribution is 2.39. The zero-order chi connectivity index (χ0) is 19.1. The Bertz CT molecular complexity index is 1000. The van der Waals surface area contributed by atoms with Crippen LogP contribution < -0.4 is 10.2 Å². The van der Waals surface area contributed by atoms with Gasteiger partial charge in [0.2, 0.25) is 0 Å². The van der Waals surface area contributed by atoms with E-state index in [1.54, 1.807) is 4.90 Å². The third-order valence-electron chi connectivity index (χ3n) is 5.03. The van der Waals surface area contributed by atoms with Crippen LogP contribution in [0.25, 0.3) is 0 Å². The van der Waals surface area contributed by atoms with Gasteiger partial charge in [-0.25, -0.2) is 0 Å². The molecule has 0 saturated heterocycles. The number of hydrogen-bond acceptors (Lipinski definition) is 2. The predicted molar refractivity (Wildman–Crippen MR) is 112 cm³/mol. The fraction of sp³-hybridized carbons (Fsp3) is 0.174. The van der Waals surface area contributed by atoms with Gasteiger partial charge >= 0.3 is 0 Å². The maximum absolute atomic E-state index is 13.2. The summed E-state index contributed by atoms with van der Waals surface area (Å²) in [6.45, 7) is 6.29. The van der Waals surface area contributed by atoms with E-state index in [1.807, 2.05) is 48.5 Å². The summed E-state index contributed by atoms with van der Waals surface area (Å²) in [4.78, 5) is 15.0. The van der Waals surface area contributed by atoms with Gasteiger partial charge in [-0.1, -0.05) is 47.5 Å². The molecule has 1 N–H and O–H groups in total. The molecule has 0 saturated carbocycles. The molecule has 27 heavy (non-hydrogen) atoms. The number of hydrogen-bond donors (Lipinski definition) is 1. The van der Waals surface area contributed by atoms with Crippen molar-refractivity contribution in [2.24, 2.45) is 0 Å². The first-order valence-corrected chi connectivity index (χ1v) is 9.36. The molecule has 0 radical (unpaired) electrons. The van der Waals surface area contributed by atoms with E-state index in [2.05, 4.69) is 38.2 Å². The lowest BCUT2D eigenvalue weighted by Gasteiger charge is -2.29. The largest absolute Gasteiger partial charge is 0.361 e. The number of carbonyl (C=O) groups excluding carboxylic acids is 1. The third kappa shape index (κ3) is 3.08. The number of fused-ring (bicyclic) bond motifs is 1. The fourth-order valence-corrected chi connectivity index (χ4v) is 4.00. The molecular weight excluding hydrogens is 356 g/mol. The van der Waals surface area contributed by atoms with Crippen LogP contribution in [0, 0.1) is 20.8 Å². The van der Waals surface area contributed by atoms with Crippen molar-refractivity contribution in [3.8, 4) is 0 Å². The van der Waals surface area contributed by atoms with E-state index in [0.29, 0.717) is 5.02 Å². The van der Waals surface area contributed by atoms with Crippen molar-refractivity contribution in [1.82, 2.24) is 0 Å². The molecule has 1 heterocycles. The maximum atomic E-state index is 13.2. The molecule has 3 aromatic carbocycles. The van der Waals surface area contributed by atoms with E-state index in [0.717, 1.165) is 22.5 Å². The van der Waals surface area contributed by atoms with E-state index >= 15 is 0 Å². The van der Waals surface area contributed by atoms with Crippen LogP contribution >= 0.6 is 11.6 Å². The molecule has 1 amide bonds. The van der Waals surface area contributed by atoms with Gasteiger partial charge in [-0.05, 0) is 62.2 Å². The van der Waals surface area contributed by atoms with Crippen molar-refractivity contribution in [2.75, 3.05) is 10.2 Å². The average molecular weight is 377 g/mol. The highest BCUT2D eigenvalue weighted by Gasteiger charge is 2.37. The Kier molecular flexibility index (Phi) is 4.40. The van der Waals surface area contributed by atoms with Crippen LogP contribution in [0.1, 0.15) is 38.8 Å². The molecule has 0 spiro atoms. The second-order valence-electron chi connectivity index (χ2n) is 7.06. The van der Waals surface area contributed by atoms with Crippen LogP contribution in [0.3, 0.4) is 0 Å². The fourth-order valence-electron chi connectivity index (χ4n) is 3.87. The van der Waals surface area contributed by atoms with Gasteiger partial charge in [-0.3, -0.25) is 9.69 Å². The number of carbonyl (C=O) groups is 1. The van der Waals surface area contributed by atoms with Gasteiger partial charge in [0.15, 0.2) is 0 Å². The minimum atomic E-state index is -0.269. The smallest absolute Gasteiger partial charge is 0.260 e. The summed E-state index contributed by atoms with van der Waals surface area (Å²) in [5, 5.41) is 4.28. The van der Waals surface area contributed by atoms with Crippen LogP contribution in [-0.2, 0) is 0 Å². The first-order chi connectivity index (χ1) is 13.0. The second kappa shape index (κ2) is 6.75. The molecule has 4 heteroatoms. The summed E-state index contributed by atoms with van der Waals surface area (Å²) >= 11 is 6.05. The molecule has 0 aliphatic carbocycles. The monoisotopic (exact) mass is 376 g/mol. The molecule has 1 aliphatic heterocycles. The van der Waals surface area contributed by atoms with Crippen molar-refractivity contribution < 1.29 is 4.79 Å². The number of amides is 1. The number of nitrogens with one attached hydrogen (secondary N) is 1. The van der Waals surface area contributed by atoms with Crippen LogP contribution in [0.2, 0.25) is 5.02 Å². The molecule has 1 aliphatic rings. The highest BCUT2D eigenvalue weighted by atomic mass is 35.5. The predicted octanol–water partition coefficient (Wildman–Crippen LogP) is 6.04. The number of aryl methyl sites for hydroxylation is 3. The molecule has 1 atom stereocenters. The van der Waals surface area contributed by atoms with Gasteiger partial charge in [-0.2, -0.15) is 0 Å². The minimum Gasteiger partial charge on any atom is -0.361 e. The van der Waals surface area contributed by atoms with Gasteiger partial charge in [0.1, 0.15) is 6.17 Å². The molecule has 3 nitrogen and oxygen atoms in total. The maximum Gasteiger partial charge on any atom is 0.260 e. The zero-order valence-corrected chi connectivity index (χ0v) is 16.3. The molecule has 0 unspecified atom stereocenters. The molecule has 0 bridgehead atoms. The Morgan fingerprint density at radius 2 is 1.56 bits per heavy atom. The quantitative estimate of drug-likeness (QED) is 0.604. The van der Waals surface area contributed by atoms with E-state index in [4.69, 9.17) is 11.6 Å². The number of benzene rings is 3. The molecule has 4 rings (SSSR count). The first kappa shape index (κ1) is 17.6. The zero-order valence-electron chi connectivity index (χ0n) is 15.6. The highest BCUT2D eigenvalue weighted by molar-refractivity contribution is 6.30. The van der Waals surface area contributed by atoms with Crippen molar-refractivity contribution in [3.63, 3.8) is 0 Å². The van der Waals surface area contributed by atoms with Gasteiger partial charge < -0.3 is 5.32 Å². The van der Waals surface area contributed by atoms with Crippen LogP contribution in [0.15, 0.2) is 60.7 Å². The minimum absolute atomic E-state index is 0.00663. The van der Waals surface area contributed by atoms with Gasteiger partial charge in [0.05, 0.1) is 0 Å². The second-order valence-corrected chi connectivity index (χ2v) is 7.50. The topological polar surface area (TPSA) is 32.3 Å². The van der Waals surface area contributed by atoms with E-state index in [1.165, 1.54) is 16.7 Å². The Balaban J connectivity index is 1.82. The summed E-state index contributed by atoms with van der Waals surface area (Å²) in [6.07, 6.45) is -0.269. The lowest BCUT2D eigenvalue weighted by molar-refractivity contribution is 0.0993. The Hall–Kier alpha value is -2.78.